The Balaban J connectivity index is 1.90. The number of aromatic amines is 1. The summed E-state index contributed by atoms with van der Waals surface area (Å²) in [7, 11) is -1.23. The van der Waals surface area contributed by atoms with Crippen LogP contribution in [0.4, 0.5) is 5.69 Å². The molecule has 0 aliphatic heterocycles. The molecule has 0 saturated carbocycles. The van der Waals surface area contributed by atoms with E-state index in [0.717, 1.165) is 0 Å². The number of nitrogens with one attached hydrogen (secondary N) is 2. The largest absolute Gasteiger partial charge is 0.322 e. The van der Waals surface area contributed by atoms with Gasteiger partial charge in [0.05, 0.1) is 21.3 Å². The van der Waals surface area contributed by atoms with Gasteiger partial charge in [0.2, 0.25) is 0 Å². The van der Waals surface area contributed by atoms with Crippen LogP contribution in [0.25, 0.3) is 11.4 Å². The molecule has 6 nitrogen and oxygen atoms in total. The van der Waals surface area contributed by atoms with Crippen molar-refractivity contribution in [2.45, 2.75) is 25.2 Å². The Labute approximate surface area is 165 Å². The number of nitrogens with zero attached hydrogens (tertiary/aromatic N) is 1. The fourth-order valence-corrected chi connectivity index (χ4v) is 3.72. The van der Waals surface area contributed by atoms with E-state index in [1.807, 2.05) is 19.9 Å². The molecule has 0 saturated heterocycles. The quantitative estimate of drug-likeness (QED) is 0.669. The van der Waals surface area contributed by atoms with E-state index in [-0.39, 0.29) is 11.5 Å². The van der Waals surface area contributed by atoms with Gasteiger partial charge in [-0.05, 0) is 30.7 Å². The van der Waals surface area contributed by atoms with Crippen LogP contribution in [-0.2, 0) is 17.2 Å². The van der Waals surface area contributed by atoms with Crippen LogP contribution in [0.5, 0.6) is 0 Å². The van der Waals surface area contributed by atoms with Crippen LogP contribution in [0, 0.1) is 0 Å². The Morgan fingerprint density at radius 3 is 2.64 bits per heavy atom. The molecule has 144 valence electrons. The summed E-state index contributed by atoms with van der Waals surface area (Å²) in [6, 6.07) is 15.4. The highest BCUT2D eigenvalue weighted by atomic mass is 32.2. The number of aromatic nitrogens is 2. The maximum absolute atomic E-state index is 12.7. The molecule has 0 aliphatic rings. The zero-order valence-corrected chi connectivity index (χ0v) is 16.5. The summed E-state index contributed by atoms with van der Waals surface area (Å²) in [6.07, 6.45) is 0.651. The normalized spacial score (nSPS) is 11.8. The summed E-state index contributed by atoms with van der Waals surface area (Å²) < 4.78 is 12.2. The first-order valence-electron chi connectivity index (χ1n) is 9.01. The monoisotopic (exact) mass is 395 g/mol. The minimum Gasteiger partial charge on any atom is -0.322 e. The number of carbonyl (C=O) groups is 1. The number of rotatable bonds is 6. The molecule has 1 heterocycles. The van der Waals surface area contributed by atoms with E-state index in [9.17, 15) is 13.8 Å². The average molecular weight is 395 g/mol. The predicted octanol–water partition coefficient (Wildman–Crippen LogP) is 3.38. The molecule has 2 N–H and O–H groups in total. The van der Waals surface area contributed by atoms with Crippen molar-refractivity contribution >= 4 is 22.4 Å². The molecule has 1 unspecified atom stereocenters. The zero-order valence-electron chi connectivity index (χ0n) is 15.7. The van der Waals surface area contributed by atoms with Crippen molar-refractivity contribution in [2.24, 2.45) is 0 Å². The Morgan fingerprint density at radius 2 is 1.89 bits per heavy atom. The minimum atomic E-state index is -1.23. The van der Waals surface area contributed by atoms with Gasteiger partial charge in [-0.1, -0.05) is 38.1 Å². The first kappa shape index (κ1) is 19.7. The maximum Gasteiger partial charge on any atom is 0.256 e. The van der Waals surface area contributed by atoms with Gasteiger partial charge in [-0.15, -0.1) is 0 Å². The SMILES string of the molecule is CCc1cc(=O)[nH]c(-c2cccc(NC(=O)c3ccccc3S(=O)CC)c2)n1. The predicted molar refractivity (Wildman–Crippen MR) is 111 cm³/mol. The lowest BCUT2D eigenvalue weighted by Gasteiger charge is -2.10. The molecule has 1 atom stereocenters. The maximum atomic E-state index is 12.7. The summed E-state index contributed by atoms with van der Waals surface area (Å²) in [5.74, 6) is 0.554. The zero-order chi connectivity index (χ0) is 20.1. The third-order valence-corrected chi connectivity index (χ3v) is 5.56. The number of hydrogen-bond acceptors (Lipinski definition) is 4. The molecule has 0 spiro atoms. The van der Waals surface area contributed by atoms with E-state index in [1.165, 1.54) is 6.07 Å². The topological polar surface area (TPSA) is 91.9 Å². The van der Waals surface area contributed by atoms with E-state index < -0.39 is 10.8 Å². The van der Waals surface area contributed by atoms with Crippen molar-refractivity contribution in [3.8, 4) is 11.4 Å². The molecule has 1 amide bonds. The van der Waals surface area contributed by atoms with Crippen molar-refractivity contribution < 1.29 is 9.00 Å². The van der Waals surface area contributed by atoms with Gasteiger partial charge >= 0.3 is 0 Å². The van der Waals surface area contributed by atoms with E-state index in [1.54, 1.807) is 42.5 Å². The molecule has 3 aromatic rings. The Hall–Kier alpha value is -3.06. The number of aryl methyl sites for hydroxylation is 1. The highest BCUT2D eigenvalue weighted by Crippen LogP contribution is 2.21. The van der Waals surface area contributed by atoms with Crippen molar-refractivity contribution in [1.82, 2.24) is 9.97 Å². The molecule has 28 heavy (non-hydrogen) atoms. The summed E-state index contributed by atoms with van der Waals surface area (Å²) >= 11 is 0. The van der Waals surface area contributed by atoms with Crippen molar-refractivity contribution in [1.29, 1.82) is 0 Å². The van der Waals surface area contributed by atoms with Gasteiger partial charge in [-0.3, -0.25) is 13.8 Å². The second kappa shape index (κ2) is 8.75. The average Bonchev–Trinajstić information content (AvgIpc) is 2.72. The van der Waals surface area contributed by atoms with Gasteiger partial charge in [0.25, 0.3) is 11.5 Å². The number of hydrogen-bond donors (Lipinski definition) is 2. The minimum absolute atomic E-state index is 0.215. The molecular formula is C21H21N3O3S. The van der Waals surface area contributed by atoms with E-state index in [2.05, 4.69) is 15.3 Å². The second-order valence-corrected chi connectivity index (χ2v) is 7.81. The van der Waals surface area contributed by atoms with Gasteiger partial charge in [0.1, 0.15) is 5.82 Å². The molecule has 3 rings (SSSR count). The summed E-state index contributed by atoms with van der Waals surface area (Å²) in [6.45, 7) is 3.74. The third kappa shape index (κ3) is 4.43. The Kier molecular flexibility index (Phi) is 6.16. The number of anilines is 1. The standard InChI is InChI=1S/C21H21N3O3S/c1-3-15-13-19(25)24-20(22-15)14-8-7-9-16(12-14)23-21(26)17-10-5-6-11-18(17)28(27)4-2/h5-13H,3-4H2,1-2H3,(H,23,26)(H,22,24,25). The van der Waals surface area contributed by atoms with Gasteiger partial charge < -0.3 is 10.3 Å². The molecule has 1 aromatic heterocycles. The molecule has 0 bridgehead atoms. The molecular weight excluding hydrogens is 374 g/mol. The lowest BCUT2D eigenvalue weighted by Crippen LogP contribution is -2.15. The highest BCUT2D eigenvalue weighted by Gasteiger charge is 2.15. The molecule has 0 aliphatic carbocycles. The van der Waals surface area contributed by atoms with Crippen molar-refractivity contribution in [3.63, 3.8) is 0 Å². The summed E-state index contributed by atoms with van der Waals surface area (Å²) in [5, 5.41) is 2.84. The molecule has 0 fully saturated rings. The summed E-state index contributed by atoms with van der Waals surface area (Å²) in [5.41, 5.74) is 2.11. The van der Waals surface area contributed by atoms with E-state index >= 15 is 0 Å². The smallest absolute Gasteiger partial charge is 0.256 e. The Bertz CT molecular complexity index is 1090. The van der Waals surface area contributed by atoms with Gasteiger partial charge in [0.15, 0.2) is 0 Å². The molecule has 0 radical (unpaired) electrons. The number of benzene rings is 2. The fourth-order valence-electron chi connectivity index (χ4n) is 2.78. The van der Waals surface area contributed by atoms with Gasteiger partial charge in [0, 0.05) is 28.8 Å². The van der Waals surface area contributed by atoms with Crippen LogP contribution in [0.15, 0.2) is 64.3 Å². The Morgan fingerprint density at radius 1 is 1.11 bits per heavy atom. The lowest BCUT2D eigenvalue weighted by atomic mass is 10.1. The van der Waals surface area contributed by atoms with Crippen LogP contribution in [0.3, 0.4) is 0 Å². The first-order chi connectivity index (χ1) is 13.5. The van der Waals surface area contributed by atoms with E-state index in [4.69, 9.17) is 0 Å². The lowest BCUT2D eigenvalue weighted by molar-refractivity contribution is 0.102. The van der Waals surface area contributed by atoms with Crippen LogP contribution in [-0.4, -0.2) is 25.8 Å². The van der Waals surface area contributed by atoms with E-state index in [0.29, 0.717) is 45.4 Å². The number of amides is 1. The fraction of sp³-hybridized carbons (Fsp3) is 0.190. The highest BCUT2D eigenvalue weighted by molar-refractivity contribution is 7.85. The second-order valence-electron chi connectivity index (χ2n) is 6.10. The van der Waals surface area contributed by atoms with Crippen LogP contribution in [0.1, 0.15) is 29.9 Å². The molecule has 7 heteroatoms. The third-order valence-electron chi connectivity index (χ3n) is 4.19. The van der Waals surface area contributed by atoms with Crippen LogP contribution >= 0.6 is 0 Å². The molecule has 2 aromatic carbocycles. The van der Waals surface area contributed by atoms with Crippen LogP contribution < -0.4 is 10.9 Å². The van der Waals surface area contributed by atoms with Crippen LogP contribution in [0.2, 0.25) is 0 Å². The number of carbonyl (C=O) groups excluding carboxylic acids is 1. The van der Waals surface area contributed by atoms with Gasteiger partial charge in [-0.25, -0.2) is 4.98 Å². The number of H-pyrrole nitrogens is 1. The van der Waals surface area contributed by atoms with Crippen molar-refractivity contribution in [2.75, 3.05) is 11.1 Å². The van der Waals surface area contributed by atoms with Crippen molar-refractivity contribution in [3.05, 3.63) is 76.2 Å². The van der Waals surface area contributed by atoms with Gasteiger partial charge in [-0.2, -0.15) is 0 Å². The first-order valence-corrected chi connectivity index (χ1v) is 10.3. The summed E-state index contributed by atoms with van der Waals surface area (Å²) in [4.78, 5) is 32.2.